The van der Waals surface area contributed by atoms with Gasteiger partial charge in [-0.3, -0.25) is 4.79 Å². The second kappa shape index (κ2) is 6.48. The van der Waals surface area contributed by atoms with Gasteiger partial charge in [0, 0.05) is 22.0 Å². The summed E-state index contributed by atoms with van der Waals surface area (Å²) in [5.41, 5.74) is 2.29. The van der Waals surface area contributed by atoms with Gasteiger partial charge in [0.15, 0.2) is 0 Å². The molecule has 0 saturated heterocycles. The van der Waals surface area contributed by atoms with Crippen LogP contribution in [0, 0.1) is 0 Å². The van der Waals surface area contributed by atoms with E-state index in [9.17, 15) is 13.6 Å². The van der Waals surface area contributed by atoms with Gasteiger partial charge in [-0.1, -0.05) is 24.3 Å². The van der Waals surface area contributed by atoms with Gasteiger partial charge >= 0.3 is 6.61 Å². The zero-order valence-corrected chi connectivity index (χ0v) is 13.4. The first kappa shape index (κ1) is 16.1. The molecule has 6 heteroatoms. The minimum atomic E-state index is -2.94. The number of carbonyl (C=O) groups excluding carboxylic acids is 1. The zero-order valence-electron chi connectivity index (χ0n) is 13.4. The van der Waals surface area contributed by atoms with E-state index in [1.807, 2.05) is 30.3 Å². The molecule has 4 aromatic rings. The number of hydrogen-bond donors (Lipinski definition) is 1. The minimum Gasteiger partial charge on any atom is -0.456 e. The number of hydrogen-bond acceptors (Lipinski definition) is 3. The maximum absolute atomic E-state index is 12.4. The molecule has 0 aliphatic carbocycles. The highest BCUT2D eigenvalue weighted by Gasteiger charge is 2.12. The number of nitrogens with one attached hydrogen (secondary N) is 1. The van der Waals surface area contributed by atoms with Crippen LogP contribution in [0.25, 0.3) is 21.9 Å². The summed E-state index contributed by atoms with van der Waals surface area (Å²) in [5.74, 6) is -0.485. The highest BCUT2D eigenvalue weighted by atomic mass is 19.3. The summed E-state index contributed by atoms with van der Waals surface area (Å²) < 4.78 is 34.7. The number of halogens is 2. The molecule has 130 valence electrons. The maximum Gasteiger partial charge on any atom is 0.387 e. The molecular formula is C20H13F2NO3. The molecule has 0 saturated carbocycles. The number of carbonyl (C=O) groups is 1. The first-order valence-corrected chi connectivity index (χ1v) is 7.88. The Morgan fingerprint density at radius 1 is 0.923 bits per heavy atom. The van der Waals surface area contributed by atoms with Gasteiger partial charge in [-0.2, -0.15) is 8.78 Å². The van der Waals surface area contributed by atoms with Crippen LogP contribution < -0.4 is 10.1 Å². The molecule has 3 aromatic carbocycles. The first-order valence-electron chi connectivity index (χ1n) is 7.88. The van der Waals surface area contributed by atoms with Crippen LogP contribution in [0.2, 0.25) is 0 Å². The molecule has 0 aliphatic rings. The maximum atomic E-state index is 12.4. The van der Waals surface area contributed by atoms with E-state index in [2.05, 4.69) is 10.1 Å². The van der Waals surface area contributed by atoms with Gasteiger partial charge < -0.3 is 14.5 Å². The Labute approximate surface area is 147 Å². The second-order valence-electron chi connectivity index (χ2n) is 5.67. The molecule has 1 aromatic heterocycles. The summed E-state index contributed by atoms with van der Waals surface area (Å²) in [4.78, 5) is 12.4. The summed E-state index contributed by atoms with van der Waals surface area (Å²) >= 11 is 0. The first-order chi connectivity index (χ1) is 12.6. The van der Waals surface area contributed by atoms with Crippen LogP contribution in [-0.4, -0.2) is 12.5 Å². The normalized spacial score (nSPS) is 11.2. The van der Waals surface area contributed by atoms with Crippen molar-refractivity contribution < 1.29 is 22.7 Å². The van der Waals surface area contributed by atoms with Crippen LogP contribution in [-0.2, 0) is 0 Å². The Morgan fingerprint density at radius 3 is 2.58 bits per heavy atom. The predicted molar refractivity (Wildman–Crippen MR) is 94.7 cm³/mol. The molecule has 0 radical (unpaired) electrons. The predicted octanol–water partition coefficient (Wildman–Crippen LogP) is 5.44. The van der Waals surface area contributed by atoms with Gasteiger partial charge in [0.05, 0.1) is 0 Å². The highest BCUT2D eigenvalue weighted by Crippen LogP contribution is 2.30. The quantitative estimate of drug-likeness (QED) is 0.531. The molecule has 26 heavy (non-hydrogen) atoms. The lowest BCUT2D eigenvalue weighted by Crippen LogP contribution is -2.12. The van der Waals surface area contributed by atoms with Crippen molar-refractivity contribution in [1.82, 2.24) is 0 Å². The number of para-hydroxylation sites is 1. The lowest BCUT2D eigenvalue weighted by atomic mass is 10.1. The molecular weight excluding hydrogens is 340 g/mol. The van der Waals surface area contributed by atoms with Gasteiger partial charge in [-0.15, -0.1) is 0 Å². The van der Waals surface area contributed by atoms with Crippen molar-refractivity contribution >= 4 is 33.5 Å². The van der Waals surface area contributed by atoms with Crippen molar-refractivity contribution in [3.8, 4) is 5.75 Å². The number of anilines is 1. The van der Waals surface area contributed by atoms with Crippen molar-refractivity contribution in [3.63, 3.8) is 0 Å². The average molecular weight is 353 g/mol. The number of rotatable bonds is 4. The van der Waals surface area contributed by atoms with Gasteiger partial charge in [0.2, 0.25) is 0 Å². The Balaban J connectivity index is 1.62. The van der Waals surface area contributed by atoms with Crippen molar-refractivity contribution in [2.75, 3.05) is 5.32 Å². The minimum absolute atomic E-state index is 0.0658. The number of ether oxygens (including phenoxy) is 1. The van der Waals surface area contributed by atoms with E-state index in [1.165, 1.54) is 24.3 Å². The molecule has 0 unspecified atom stereocenters. The monoisotopic (exact) mass is 353 g/mol. The summed E-state index contributed by atoms with van der Waals surface area (Å²) in [7, 11) is 0. The smallest absolute Gasteiger partial charge is 0.387 e. The summed E-state index contributed by atoms with van der Waals surface area (Å²) in [6.45, 7) is -2.94. The number of alkyl halides is 2. The summed E-state index contributed by atoms with van der Waals surface area (Å²) in [6.07, 6.45) is 0. The van der Waals surface area contributed by atoms with Crippen LogP contribution in [0.1, 0.15) is 10.4 Å². The van der Waals surface area contributed by atoms with Crippen molar-refractivity contribution in [2.45, 2.75) is 6.61 Å². The molecule has 1 amide bonds. The molecule has 0 fully saturated rings. The van der Waals surface area contributed by atoms with Crippen molar-refractivity contribution in [3.05, 3.63) is 72.3 Å². The van der Waals surface area contributed by atoms with E-state index in [0.29, 0.717) is 5.69 Å². The molecule has 1 heterocycles. The zero-order chi connectivity index (χ0) is 18.1. The standard InChI is InChI=1S/C20H13F2NO3/c21-20(22)25-14-5-3-4-12(10-14)19(24)23-13-8-9-18-16(11-13)15-6-1-2-7-17(15)26-18/h1-11,20H,(H,23,24). The Hall–Kier alpha value is -3.41. The third-order valence-electron chi connectivity index (χ3n) is 3.96. The molecule has 0 spiro atoms. The van der Waals surface area contributed by atoms with E-state index in [4.69, 9.17) is 4.42 Å². The number of amides is 1. The van der Waals surface area contributed by atoms with Crippen LogP contribution >= 0.6 is 0 Å². The summed E-state index contributed by atoms with van der Waals surface area (Å²) in [5, 5.41) is 4.59. The number of benzene rings is 3. The average Bonchev–Trinajstić information content (AvgIpc) is 2.99. The lowest BCUT2D eigenvalue weighted by molar-refractivity contribution is -0.0498. The molecule has 1 N–H and O–H groups in total. The van der Waals surface area contributed by atoms with Gasteiger partial charge in [-0.25, -0.2) is 0 Å². The van der Waals surface area contributed by atoms with E-state index in [0.717, 1.165) is 21.9 Å². The molecule has 0 aliphatic heterocycles. The molecule has 4 nitrogen and oxygen atoms in total. The van der Waals surface area contributed by atoms with Gasteiger partial charge in [-0.05, 0) is 42.5 Å². The van der Waals surface area contributed by atoms with E-state index in [1.54, 1.807) is 12.1 Å². The largest absolute Gasteiger partial charge is 0.456 e. The van der Waals surface area contributed by atoms with Crippen LogP contribution in [0.3, 0.4) is 0 Å². The third-order valence-corrected chi connectivity index (χ3v) is 3.96. The van der Waals surface area contributed by atoms with Crippen molar-refractivity contribution in [2.24, 2.45) is 0 Å². The fraction of sp³-hybridized carbons (Fsp3) is 0.0500. The molecule has 4 rings (SSSR count). The Morgan fingerprint density at radius 2 is 1.73 bits per heavy atom. The van der Waals surface area contributed by atoms with E-state index in [-0.39, 0.29) is 11.3 Å². The number of fused-ring (bicyclic) bond motifs is 3. The molecule has 0 bridgehead atoms. The SMILES string of the molecule is O=C(Nc1ccc2oc3ccccc3c2c1)c1cccc(OC(F)F)c1. The van der Waals surface area contributed by atoms with Crippen molar-refractivity contribution in [1.29, 1.82) is 0 Å². The number of furan rings is 1. The molecule has 0 atom stereocenters. The van der Waals surface area contributed by atoms with Gasteiger partial charge in [0.1, 0.15) is 16.9 Å². The third kappa shape index (κ3) is 3.09. The highest BCUT2D eigenvalue weighted by molar-refractivity contribution is 6.09. The summed E-state index contributed by atoms with van der Waals surface area (Å²) in [6, 6.07) is 18.6. The Bertz CT molecular complexity index is 1100. The fourth-order valence-corrected chi connectivity index (χ4v) is 2.82. The van der Waals surface area contributed by atoms with Crippen LogP contribution in [0.5, 0.6) is 5.75 Å². The van der Waals surface area contributed by atoms with Crippen LogP contribution in [0.15, 0.2) is 71.1 Å². The van der Waals surface area contributed by atoms with E-state index >= 15 is 0 Å². The van der Waals surface area contributed by atoms with Crippen LogP contribution in [0.4, 0.5) is 14.5 Å². The van der Waals surface area contributed by atoms with E-state index < -0.39 is 12.5 Å². The van der Waals surface area contributed by atoms with Gasteiger partial charge in [0.25, 0.3) is 5.91 Å². The Kier molecular flexibility index (Phi) is 4.01. The topological polar surface area (TPSA) is 51.5 Å². The fourth-order valence-electron chi connectivity index (χ4n) is 2.82. The lowest BCUT2D eigenvalue weighted by Gasteiger charge is -2.08. The second-order valence-corrected chi connectivity index (χ2v) is 5.67.